The number of amides is 1. The van der Waals surface area contributed by atoms with Crippen LogP contribution in [0.5, 0.6) is 5.75 Å². The number of hydrogen-bond donors (Lipinski definition) is 2. The van der Waals surface area contributed by atoms with Crippen LogP contribution in [-0.2, 0) is 4.79 Å². The number of carbonyl (C=O) groups is 1. The fourth-order valence-corrected chi connectivity index (χ4v) is 2.09. The monoisotopic (exact) mass is 274 g/mol. The van der Waals surface area contributed by atoms with Gasteiger partial charge in [0.15, 0.2) is 0 Å². The Labute approximate surface area is 120 Å². The van der Waals surface area contributed by atoms with Gasteiger partial charge in [0.1, 0.15) is 5.75 Å². The second-order valence-electron chi connectivity index (χ2n) is 5.50. The van der Waals surface area contributed by atoms with E-state index in [-0.39, 0.29) is 11.4 Å². The van der Waals surface area contributed by atoms with Crippen LogP contribution in [0.1, 0.15) is 39.2 Å². The molecule has 2 rings (SSSR count). The highest BCUT2D eigenvalue weighted by atomic mass is 16.5. The van der Waals surface area contributed by atoms with Crippen molar-refractivity contribution in [2.45, 2.75) is 39.2 Å². The summed E-state index contributed by atoms with van der Waals surface area (Å²) in [5, 5.41) is 0. The third-order valence-electron chi connectivity index (χ3n) is 3.38. The fraction of sp³-hybridized carbons (Fsp3) is 0.438. The van der Waals surface area contributed by atoms with Crippen molar-refractivity contribution in [2.24, 2.45) is 0 Å². The van der Waals surface area contributed by atoms with Crippen LogP contribution in [-0.4, -0.2) is 18.1 Å². The van der Waals surface area contributed by atoms with Crippen molar-refractivity contribution < 1.29 is 9.53 Å². The van der Waals surface area contributed by atoms with Crippen LogP contribution in [0, 0.1) is 0 Å². The van der Waals surface area contributed by atoms with E-state index in [1.807, 2.05) is 44.2 Å². The van der Waals surface area contributed by atoms with E-state index in [1.165, 1.54) is 0 Å². The summed E-state index contributed by atoms with van der Waals surface area (Å²) < 4.78 is 5.79. The molecule has 1 aromatic carbocycles. The summed E-state index contributed by atoms with van der Waals surface area (Å²) >= 11 is 0. The third kappa shape index (κ3) is 3.20. The number of nitrogens with one attached hydrogen (secondary N) is 2. The number of benzene rings is 1. The Hall–Kier alpha value is -1.81. The predicted molar refractivity (Wildman–Crippen MR) is 80.2 cm³/mol. The van der Waals surface area contributed by atoms with Gasteiger partial charge in [-0.25, -0.2) is 5.43 Å². The van der Waals surface area contributed by atoms with E-state index < -0.39 is 0 Å². The van der Waals surface area contributed by atoms with Gasteiger partial charge in [0, 0.05) is 11.1 Å². The van der Waals surface area contributed by atoms with Gasteiger partial charge in [-0.3, -0.25) is 10.2 Å². The van der Waals surface area contributed by atoms with E-state index in [1.54, 1.807) is 0 Å². The molecule has 0 aliphatic carbocycles. The van der Waals surface area contributed by atoms with Gasteiger partial charge in [0.2, 0.25) is 0 Å². The van der Waals surface area contributed by atoms with Crippen molar-refractivity contribution in [3.8, 4) is 5.75 Å². The molecule has 0 saturated carbocycles. The fourth-order valence-electron chi connectivity index (χ4n) is 2.09. The van der Waals surface area contributed by atoms with Crippen LogP contribution < -0.4 is 15.6 Å². The van der Waals surface area contributed by atoms with E-state index in [0.29, 0.717) is 12.2 Å². The molecule has 4 nitrogen and oxygen atoms in total. The highest BCUT2D eigenvalue weighted by molar-refractivity contribution is 6.02. The topological polar surface area (TPSA) is 50.4 Å². The van der Waals surface area contributed by atoms with Crippen LogP contribution in [0.15, 0.2) is 29.8 Å². The largest absolute Gasteiger partial charge is 0.493 e. The summed E-state index contributed by atoms with van der Waals surface area (Å²) in [5.74, 6) is 0.738. The Kier molecular flexibility index (Phi) is 4.45. The Morgan fingerprint density at radius 3 is 2.70 bits per heavy atom. The summed E-state index contributed by atoms with van der Waals surface area (Å²) in [7, 11) is 0. The third-order valence-corrected chi connectivity index (χ3v) is 3.38. The molecule has 1 fully saturated rings. The van der Waals surface area contributed by atoms with Crippen molar-refractivity contribution >= 4 is 12.0 Å². The molecule has 1 aliphatic heterocycles. The molecule has 1 amide bonds. The highest BCUT2D eigenvalue weighted by Crippen LogP contribution is 2.27. The molecule has 1 saturated heterocycles. The van der Waals surface area contributed by atoms with Gasteiger partial charge in [-0.05, 0) is 32.4 Å². The molecule has 0 spiro atoms. The van der Waals surface area contributed by atoms with Crippen molar-refractivity contribution in [2.75, 3.05) is 6.61 Å². The number of para-hydroxylation sites is 1. The van der Waals surface area contributed by atoms with Gasteiger partial charge in [-0.15, -0.1) is 0 Å². The van der Waals surface area contributed by atoms with Crippen molar-refractivity contribution in [1.29, 1.82) is 0 Å². The van der Waals surface area contributed by atoms with Crippen LogP contribution in [0.2, 0.25) is 0 Å². The molecule has 1 heterocycles. The molecule has 0 radical (unpaired) electrons. The first kappa shape index (κ1) is 14.6. The van der Waals surface area contributed by atoms with Gasteiger partial charge in [-0.1, -0.05) is 31.5 Å². The van der Waals surface area contributed by atoms with Crippen molar-refractivity contribution in [3.05, 3.63) is 35.4 Å². The zero-order valence-corrected chi connectivity index (χ0v) is 12.3. The smallest absolute Gasteiger partial charge is 0.263 e. The Morgan fingerprint density at radius 2 is 2.05 bits per heavy atom. The molecule has 2 N–H and O–H groups in total. The normalized spacial score (nSPS) is 19.1. The molecule has 0 unspecified atom stereocenters. The van der Waals surface area contributed by atoms with Gasteiger partial charge >= 0.3 is 0 Å². The van der Waals surface area contributed by atoms with E-state index >= 15 is 0 Å². The highest BCUT2D eigenvalue weighted by Gasteiger charge is 2.35. The van der Waals surface area contributed by atoms with E-state index in [0.717, 1.165) is 24.2 Å². The second-order valence-corrected chi connectivity index (χ2v) is 5.50. The molecular weight excluding hydrogens is 252 g/mol. The van der Waals surface area contributed by atoms with Crippen molar-refractivity contribution in [1.82, 2.24) is 10.9 Å². The minimum absolute atomic E-state index is 0.0849. The number of hydrazine groups is 1. The standard InChI is InChI=1S/C16H22N2O2/c1-4-5-10-20-14-9-7-6-8-12(14)11-13-15(19)17-18-16(13,2)3/h6-9,11,18H,4-5,10H2,1-3H3,(H,17,19)/b13-11+. The van der Waals surface area contributed by atoms with Crippen LogP contribution in [0.4, 0.5) is 0 Å². The number of rotatable bonds is 5. The van der Waals surface area contributed by atoms with Gasteiger partial charge in [-0.2, -0.15) is 0 Å². The molecule has 0 atom stereocenters. The van der Waals surface area contributed by atoms with Gasteiger partial charge in [0.25, 0.3) is 5.91 Å². The summed E-state index contributed by atoms with van der Waals surface area (Å²) in [6, 6.07) is 7.80. The first-order chi connectivity index (χ1) is 9.54. The second kappa shape index (κ2) is 6.09. The first-order valence-electron chi connectivity index (χ1n) is 7.06. The molecule has 1 aromatic rings. The van der Waals surface area contributed by atoms with Gasteiger partial charge in [0.05, 0.1) is 12.1 Å². The number of ether oxygens (including phenoxy) is 1. The van der Waals surface area contributed by atoms with Crippen LogP contribution in [0.25, 0.3) is 6.08 Å². The van der Waals surface area contributed by atoms with Crippen LogP contribution in [0.3, 0.4) is 0 Å². The lowest BCUT2D eigenvalue weighted by atomic mass is 9.94. The minimum Gasteiger partial charge on any atom is -0.493 e. The summed E-state index contributed by atoms with van der Waals surface area (Å²) in [5.41, 5.74) is 6.90. The molecule has 0 bridgehead atoms. The zero-order valence-electron chi connectivity index (χ0n) is 12.3. The molecule has 108 valence electrons. The molecule has 20 heavy (non-hydrogen) atoms. The van der Waals surface area contributed by atoms with Crippen LogP contribution >= 0.6 is 0 Å². The lowest BCUT2D eigenvalue weighted by Crippen LogP contribution is -2.38. The lowest BCUT2D eigenvalue weighted by molar-refractivity contribution is -0.116. The maximum absolute atomic E-state index is 11.9. The number of carbonyl (C=O) groups excluding carboxylic acids is 1. The average Bonchev–Trinajstić information content (AvgIpc) is 2.68. The van der Waals surface area contributed by atoms with E-state index in [9.17, 15) is 4.79 Å². The van der Waals surface area contributed by atoms with Crippen molar-refractivity contribution in [3.63, 3.8) is 0 Å². The maximum Gasteiger partial charge on any atom is 0.263 e. The lowest BCUT2D eigenvalue weighted by Gasteiger charge is -2.17. The quantitative estimate of drug-likeness (QED) is 0.641. The SMILES string of the molecule is CCCCOc1ccccc1/C=C1\C(=O)NNC1(C)C. The van der Waals surface area contributed by atoms with E-state index in [2.05, 4.69) is 17.8 Å². The summed E-state index contributed by atoms with van der Waals surface area (Å²) in [6.07, 6.45) is 4.03. The predicted octanol–water partition coefficient (Wildman–Crippen LogP) is 2.66. The van der Waals surface area contributed by atoms with E-state index in [4.69, 9.17) is 4.74 Å². The first-order valence-corrected chi connectivity index (χ1v) is 7.06. The Morgan fingerprint density at radius 1 is 1.30 bits per heavy atom. The maximum atomic E-state index is 11.9. The minimum atomic E-state index is -0.381. The zero-order chi connectivity index (χ0) is 14.6. The molecular formula is C16H22N2O2. The summed E-state index contributed by atoms with van der Waals surface area (Å²) in [4.78, 5) is 11.9. The number of unbranched alkanes of at least 4 members (excludes halogenated alkanes) is 1. The molecule has 1 aliphatic rings. The molecule has 0 aromatic heterocycles. The van der Waals surface area contributed by atoms with Gasteiger partial charge < -0.3 is 4.74 Å². The average molecular weight is 274 g/mol. The molecule has 4 heteroatoms. The number of hydrogen-bond acceptors (Lipinski definition) is 3. The Balaban J connectivity index is 2.26. The Bertz CT molecular complexity index is 521. The summed E-state index contributed by atoms with van der Waals surface area (Å²) in [6.45, 7) is 6.77.